The number of aryl methyl sites for hydroxylation is 1. The van der Waals surface area contributed by atoms with Gasteiger partial charge >= 0.3 is 0 Å². The predicted molar refractivity (Wildman–Crippen MR) is 126 cm³/mol. The molecule has 1 amide bonds. The van der Waals surface area contributed by atoms with Crippen LogP contribution in [0.1, 0.15) is 18.4 Å². The predicted octanol–water partition coefficient (Wildman–Crippen LogP) is 4.28. The number of aromatic nitrogens is 2. The number of fused-ring (bicyclic) bond motifs is 1. The fourth-order valence-electron chi connectivity index (χ4n) is 3.61. The lowest BCUT2D eigenvalue weighted by Gasteiger charge is -2.19. The number of amides is 1. The molecule has 3 aromatic rings. The molecule has 6 nitrogen and oxygen atoms in total. The van der Waals surface area contributed by atoms with Gasteiger partial charge in [0.15, 0.2) is 5.16 Å². The van der Waals surface area contributed by atoms with E-state index >= 15 is 0 Å². The largest absolute Gasteiger partial charge is 0.372 e. The lowest BCUT2D eigenvalue weighted by atomic mass is 10.1. The van der Waals surface area contributed by atoms with Gasteiger partial charge in [0.05, 0.1) is 11.1 Å². The van der Waals surface area contributed by atoms with Crippen molar-refractivity contribution in [3.05, 3.63) is 58.2 Å². The molecule has 1 N–H and O–H groups in total. The fourth-order valence-corrected chi connectivity index (χ4v) is 5.22. The Balaban J connectivity index is 1.45. The maximum Gasteiger partial charge on any atom is 0.263 e. The van der Waals surface area contributed by atoms with Gasteiger partial charge in [-0.3, -0.25) is 14.2 Å². The quantitative estimate of drug-likeness (QED) is 0.337. The Bertz CT molecular complexity index is 1150. The lowest BCUT2D eigenvalue weighted by molar-refractivity contribution is -0.113. The highest BCUT2D eigenvalue weighted by Crippen LogP contribution is 2.26. The average Bonchev–Trinajstić information content (AvgIpc) is 3.42. The molecule has 4 rings (SSSR count). The Morgan fingerprint density at radius 1 is 1.33 bits per heavy atom. The second-order valence-corrected chi connectivity index (χ2v) is 9.11. The molecule has 8 heteroatoms. The summed E-state index contributed by atoms with van der Waals surface area (Å²) in [7, 11) is 0. The van der Waals surface area contributed by atoms with Crippen molar-refractivity contribution < 1.29 is 4.79 Å². The standard InChI is InChI=1S/C22H24N4O2S2/c1-3-9-26-21(28)17-8-12-29-20(17)24-22(26)30-14-19(27)23-18-7-6-16(13-15(18)2)25-10-4-5-11-25/h3,6-8,12-13H,1,4-5,9-11,14H2,2H3,(H,23,27). The van der Waals surface area contributed by atoms with E-state index in [0.717, 1.165) is 24.3 Å². The molecule has 0 saturated carbocycles. The zero-order valence-electron chi connectivity index (χ0n) is 16.9. The molecule has 2 aromatic heterocycles. The zero-order chi connectivity index (χ0) is 21.1. The first-order valence-corrected chi connectivity index (χ1v) is 11.8. The van der Waals surface area contributed by atoms with E-state index < -0.39 is 0 Å². The van der Waals surface area contributed by atoms with Gasteiger partial charge in [0.1, 0.15) is 4.83 Å². The molecule has 3 heterocycles. The molecule has 30 heavy (non-hydrogen) atoms. The molecule has 0 aliphatic carbocycles. The SMILES string of the molecule is C=CCn1c(SCC(=O)Nc2ccc(N3CCCC3)cc2C)nc2sccc2c1=O. The summed E-state index contributed by atoms with van der Waals surface area (Å²) in [6.07, 6.45) is 4.13. The minimum absolute atomic E-state index is 0.0996. The van der Waals surface area contributed by atoms with E-state index in [1.165, 1.54) is 41.6 Å². The van der Waals surface area contributed by atoms with Crippen molar-refractivity contribution in [2.75, 3.05) is 29.1 Å². The zero-order valence-corrected chi connectivity index (χ0v) is 18.5. The van der Waals surface area contributed by atoms with Crippen LogP contribution in [0.15, 0.2) is 52.3 Å². The molecule has 0 unspecified atom stereocenters. The number of nitrogens with zero attached hydrogens (tertiary/aromatic N) is 3. The van der Waals surface area contributed by atoms with Crippen molar-refractivity contribution in [1.29, 1.82) is 0 Å². The molecule has 156 valence electrons. The number of hydrogen-bond donors (Lipinski definition) is 1. The van der Waals surface area contributed by atoms with E-state index in [9.17, 15) is 9.59 Å². The molecule has 0 spiro atoms. The first-order chi connectivity index (χ1) is 14.6. The molecule has 0 bridgehead atoms. The molecule has 0 atom stereocenters. The van der Waals surface area contributed by atoms with Gasteiger partial charge in [-0.25, -0.2) is 4.98 Å². The number of thioether (sulfide) groups is 1. The van der Waals surface area contributed by atoms with Crippen LogP contribution in [0.2, 0.25) is 0 Å². The Morgan fingerprint density at radius 2 is 2.13 bits per heavy atom. The van der Waals surface area contributed by atoms with E-state index in [-0.39, 0.29) is 17.2 Å². The topological polar surface area (TPSA) is 67.2 Å². The van der Waals surface area contributed by atoms with Crippen molar-refractivity contribution in [3.63, 3.8) is 0 Å². The number of carbonyl (C=O) groups is 1. The van der Waals surface area contributed by atoms with Gasteiger partial charge in [0, 0.05) is 31.0 Å². The van der Waals surface area contributed by atoms with Crippen LogP contribution in [0, 0.1) is 6.92 Å². The van der Waals surface area contributed by atoms with Crippen molar-refractivity contribution in [2.45, 2.75) is 31.5 Å². The fraction of sp³-hybridized carbons (Fsp3) is 0.318. The van der Waals surface area contributed by atoms with Crippen LogP contribution >= 0.6 is 23.1 Å². The molecule has 1 saturated heterocycles. The van der Waals surface area contributed by atoms with E-state index in [1.807, 2.05) is 18.4 Å². The summed E-state index contributed by atoms with van der Waals surface area (Å²) in [6, 6.07) is 7.94. The monoisotopic (exact) mass is 440 g/mol. The van der Waals surface area contributed by atoms with Crippen molar-refractivity contribution in [3.8, 4) is 0 Å². The summed E-state index contributed by atoms with van der Waals surface area (Å²) >= 11 is 2.69. The van der Waals surface area contributed by atoms with Crippen LogP contribution < -0.4 is 15.8 Å². The molecular weight excluding hydrogens is 416 g/mol. The van der Waals surface area contributed by atoms with Gasteiger partial charge in [0.2, 0.25) is 5.91 Å². The summed E-state index contributed by atoms with van der Waals surface area (Å²) in [6.45, 7) is 8.28. The molecule has 1 aliphatic rings. The van der Waals surface area contributed by atoms with Crippen LogP contribution in [0.5, 0.6) is 0 Å². The van der Waals surface area contributed by atoms with Crippen LogP contribution in [0.3, 0.4) is 0 Å². The summed E-state index contributed by atoms with van der Waals surface area (Å²) in [4.78, 5) is 32.9. The number of thiophene rings is 1. The van der Waals surface area contributed by atoms with Gasteiger partial charge in [-0.05, 0) is 55.0 Å². The highest BCUT2D eigenvalue weighted by atomic mass is 32.2. The van der Waals surface area contributed by atoms with Crippen LogP contribution in [0.4, 0.5) is 11.4 Å². The number of carbonyl (C=O) groups excluding carboxylic acids is 1. The third-order valence-corrected chi connectivity index (χ3v) is 6.93. The second kappa shape index (κ2) is 9.06. The van der Waals surface area contributed by atoms with Crippen molar-refractivity contribution >= 4 is 50.6 Å². The lowest BCUT2D eigenvalue weighted by Crippen LogP contribution is -2.23. The third-order valence-electron chi connectivity index (χ3n) is 5.15. The second-order valence-electron chi connectivity index (χ2n) is 7.27. The normalized spacial score (nSPS) is 13.7. The number of rotatable bonds is 7. The van der Waals surface area contributed by atoms with Crippen LogP contribution in [-0.2, 0) is 11.3 Å². The number of hydrogen-bond acceptors (Lipinski definition) is 6. The number of anilines is 2. The van der Waals surface area contributed by atoms with E-state index in [4.69, 9.17) is 0 Å². The Morgan fingerprint density at radius 3 is 2.87 bits per heavy atom. The smallest absolute Gasteiger partial charge is 0.263 e. The summed E-state index contributed by atoms with van der Waals surface area (Å²) in [5.41, 5.74) is 2.96. The maximum absolute atomic E-state index is 12.7. The summed E-state index contributed by atoms with van der Waals surface area (Å²) in [5, 5.41) is 5.97. The van der Waals surface area contributed by atoms with Gasteiger partial charge in [-0.2, -0.15) is 0 Å². The Labute approximate surface area is 183 Å². The summed E-state index contributed by atoms with van der Waals surface area (Å²) < 4.78 is 1.57. The molecule has 1 fully saturated rings. The third kappa shape index (κ3) is 4.29. The minimum Gasteiger partial charge on any atom is -0.372 e. The highest BCUT2D eigenvalue weighted by molar-refractivity contribution is 7.99. The Kier molecular flexibility index (Phi) is 6.24. The van der Waals surface area contributed by atoms with Gasteiger partial charge < -0.3 is 10.2 Å². The van der Waals surface area contributed by atoms with Gasteiger partial charge in [-0.1, -0.05) is 17.8 Å². The first kappa shape index (κ1) is 20.7. The molecule has 0 radical (unpaired) electrons. The highest BCUT2D eigenvalue weighted by Gasteiger charge is 2.15. The van der Waals surface area contributed by atoms with Crippen molar-refractivity contribution in [2.24, 2.45) is 0 Å². The van der Waals surface area contributed by atoms with Crippen LogP contribution in [-0.4, -0.2) is 34.3 Å². The molecular formula is C22H24N4O2S2. The van der Waals surface area contributed by atoms with E-state index in [0.29, 0.717) is 21.9 Å². The van der Waals surface area contributed by atoms with Crippen LogP contribution in [0.25, 0.3) is 10.2 Å². The minimum atomic E-state index is -0.122. The summed E-state index contributed by atoms with van der Waals surface area (Å²) in [5.74, 6) is 0.0519. The number of allylic oxidation sites excluding steroid dienone is 1. The number of benzene rings is 1. The van der Waals surface area contributed by atoms with Gasteiger partial charge in [0.25, 0.3) is 5.56 Å². The number of nitrogens with one attached hydrogen (secondary N) is 1. The van der Waals surface area contributed by atoms with E-state index in [2.05, 4.69) is 33.9 Å². The van der Waals surface area contributed by atoms with Gasteiger partial charge in [-0.15, -0.1) is 17.9 Å². The maximum atomic E-state index is 12.7. The van der Waals surface area contributed by atoms with E-state index in [1.54, 1.807) is 16.7 Å². The Hall–Kier alpha value is -2.58. The molecule has 1 aromatic carbocycles. The van der Waals surface area contributed by atoms with Crippen molar-refractivity contribution in [1.82, 2.24) is 9.55 Å². The first-order valence-electron chi connectivity index (χ1n) is 9.94. The molecule has 1 aliphatic heterocycles. The average molecular weight is 441 g/mol.